The van der Waals surface area contributed by atoms with Gasteiger partial charge in [-0.1, -0.05) is 37.1 Å². The summed E-state index contributed by atoms with van der Waals surface area (Å²) in [6, 6.07) is 12.6. The zero-order valence-corrected chi connectivity index (χ0v) is 15.6. The van der Waals surface area contributed by atoms with E-state index < -0.39 is 11.4 Å². The van der Waals surface area contributed by atoms with E-state index in [4.69, 9.17) is 0 Å². The molecule has 1 N–H and O–H groups in total. The summed E-state index contributed by atoms with van der Waals surface area (Å²) in [7, 11) is 0. The second-order valence-corrected chi connectivity index (χ2v) is 7.26. The predicted octanol–water partition coefficient (Wildman–Crippen LogP) is 4.66. The third-order valence-corrected chi connectivity index (χ3v) is 5.54. The Morgan fingerprint density at radius 1 is 1.07 bits per heavy atom. The first kappa shape index (κ1) is 18.3. The number of amides is 1. The number of aromatic nitrogens is 2. The Labute approximate surface area is 162 Å². The zero-order valence-electron chi connectivity index (χ0n) is 15.6. The third kappa shape index (κ3) is 3.19. The van der Waals surface area contributed by atoms with Gasteiger partial charge in [0.1, 0.15) is 17.3 Å². The van der Waals surface area contributed by atoms with Crippen molar-refractivity contribution >= 4 is 5.91 Å². The molecule has 0 atom stereocenters. The summed E-state index contributed by atoms with van der Waals surface area (Å²) in [5.74, 6) is -0.962. The van der Waals surface area contributed by atoms with Crippen molar-refractivity contribution in [2.45, 2.75) is 38.1 Å². The number of rotatable bonds is 4. The second-order valence-electron chi connectivity index (χ2n) is 7.26. The molecule has 6 heteroatoms. The molecule has 1 fully saturated rings. The lowest BCUT2D eigenvalue weighted by Crippen LogP contribution is -2.44. The fraction of sp³-hybridized carbons (Fsp3) is 0.273. The largest absolute Gasteiger partial charge is 0.342 e. The molecule has 0 radical (unpaired) electrons. The van der Waals surface area contributed by atoms with Gasteiger partial charge in [0.2, 0.25) is 0 Å². The van der Waals surface area contributed by atoms with E-state index in [0.29, 0.717) is 16.9 Å². The topological polar surface area (TPSA) is 46.9 Å². The van der Waals surface area contributed by atoms with E-state index in [1.807, 2.05) is 0 Å². The van der Waals surface area contributed by atoms with Crippen LogP contribution in [-0.4, -0.2) is 15.7 Å². The van der Waals surface area contributed by atoms with Gasteiger partial charge < -0.3 is 5.32 Å². The molecule has 0 unspecified atom stereocenters. The first-order valence-corrected chi connectivity index (χ1v) is 9.38. The average Bonchev–Trinajstić information content (AvgIpc) is 3.30. The van der Waals surface area contributed by atoms with Crippen LogP contribution in [0.3, 0.4) is 0 Å². The molecule has 1 aliphatic carbocycles. The first-order valence-electron chi connectivity index (χ1n) is 9.38. The van der Waals surface area contributed by atoms with Crippen LogP contribution in [0, 0.1) is 18.6 Å². The molecule has 1 aliphatic rings. The van der Waals surface area contributed by atoms with Crippen LogP contribution in [0.15, 0.2) is 54.7 Å². The molecule has 4 nitrogen and oxygen atoms in total. The number of carbonyl (C=O) groups excluding carboxylic acids is 1. The minimum absolute atomic E-state index is 0.258. The van der Waals surface area contributed by atoms with Crippen LogP contribution in [0.1, 0.15) is 47.3 Å². The molecule has 0 saturated heterocycles. The summed E-state index contributed by atoms with van der Waals surface area (Å²) in [6.07, 6.45) is 5.04. The number of halogens is 2. The number of benzene rings is 2. The van der Waals surface area contributed by atoms with Crippen molar-refractivity contribution < 1.29 is 13.6 Å². The molecule has 1 aromatic heterocycles. The van der Waals surface area contributed by atoms with Gasteiger partial charge >= 0.3 is 0 Å². The summed E-state index contributed by atoms with van der Waals surface area (Å²) < 4.78 is 28.9. The molecule has 1 amide bonds. The van der Waals surface area contributed by atoms with Crippen LogP contribution in [-0.2, 0) is 5.54 Å². The van der Waals surface area contributed by atoms with Crippen molar-refractivity contribution in [3.63, 3.8) is 0 Å². The van der Waals surface area contributed by atoms with E-state index in [9.17, 15) is 13.6 Å². The van der Waals surface area contributed by atoms with Gasteiger partial charge in [-0.3, -0.25) is 4.79 Å². The number of nitrogens with zero attached hydrogens (tertiary/aromatic N) is 2. The molecule has 144 valence electrons. The predicted molar refractivity (Wildman–Crippen MR) is 102 cm³/mol. The molecule has 2 aromatic carbocycles. The number of carbonyl (C=O) groups is 1. The molecular formula is C22H21F2N3O. The van der Waals surface area contributed by atoms with Gasteiger partial charge in [0.05, 0.1) is 23.0 Å². The SMILES string of the molecule is Cc1c(C(=O)NC2(c3ccc(F)cc3)CCCC2)cnn1-c1ccccc1F. The summed E-state index contributed by atoms with van der Waals surface area (Å²) in [6.45, 7) is 1.74. The van der Waals surface area contributed by atoms with Gasteiger partial charge in [0.15, 0.2) is 0 Å². The standard InChI is InChI=1S/C22H21F2N3O/c1-15-18(14-25-27(15)20-7-3-2-6-19(20)24)21(28)26-22(12-4-5-13-22)16-8-10-17(23)11-9-16/h2-3,6-11,14H,4-5,12-13H2,1H3,(H,26,28). The van der Waals surface area contributed by atoms with E-state index >= 15 is 0 Å². The van der Waals surface area contributed by atoms with E-state index in [1.165, 1.54) is 29.1 Å². The normalized spacial score (nSPS) is 15.5. The highest BCUT2D eigenvalue weighted by atomic mass is 19.1. The minimum Gasteiger partial charge on any atom is -0.342 e. The van der Waals surface area contributed by atoms with Crippen LogP contribution in [0.4, 0.5) is 8.78 Å². The number of hydrogen-bond acceptors (Lipinski definition) is 2. The molecule has 3 aromatic rings. The van der Waals surface area contributed by atoms with Gasteiger partial charge in [-0.15, -0.1) is 0 Å². The average molecular weight is 381 g/mol. The highest BCUT2D eigenvalue weighted by molar-refractivity contribution is 5.95. The Bertz CT molecular complexity index is 1000. The van der Waals surface area contributed by atoms with Crippen molar-refractivity contribution in [2.75, 3.05) is 0 Å². The highest BCUT2D eigenvalue weighted by Crippen LogP contribution is 2.39. The van der Waals surface area contributed by atoms with Crippen LogP contribution < -0.4 is 5.32 Å². The van der Waals surface area contributed by atoms with E-state index in [0.717, 1.165) is 31.2 Å². The maximum Gasteiger partial charge on any atom is 0.255 e. The smallest absolute Gasteiger partial charge is 0.255 e. The fourth-order valence-corrected chi connectivity index (χ4v) is 4.02. The quantitative estimate of drug-likeness (QED) is 0.715. The highest BCUT2D eigenvalue weighted by Gasteiger charge is 2.37. The molecule has 1 saturated carbocycles. The Morgan fingerprint density at radius 3 is 2.43 bits per heavy atom. The van der Waals surface area contributed by atoms with E-state index in [-0.39, 0.29) is 11.7 Å². The zero-order chi connectivity index (χ0) is 19.7. The van der Waals surface area contributed by atoms with Gasteiger partial charge in [0.25, 0.3) is 5.91 Å². The van der Waals surface area contributed by atoms with Crippen LogP contribution in [0.25, 0.3) is 5.69 Å². The molecule has 0 bridgehead atoms. The molecule has 1 heterocycles. The molecular weight excluding hydrogens is 360 g/mol. The Kier molecular flexibility index (Phi) is 4.71. The van der Waals surface area contributed by atoms with Crippen molar-refractivity contribution in [1.29, 1.82) is 0 Å². The lowest BCUT2D eigenvalue weighted by atomic mass is 9.87. The summed E-state index contributed by atoms with van der Waals surface area (Å²) in [5, 5.41) is 7.37. The van der Waals surface area contributed by atoms with Crippen LogP contribution in [0.2, 0.25) is 0 Å². The molecule has 0 spiro atoms. The Balaban J connectivity index is 1.64. The lowest BCUT2D eigenvalue weighted by Gasteiger charge is -2.31. The van der Waals surface area contributed by atoms with Crippen molar-refractivity contribution in [1.82, 2.24) is 15.1 Å². The van der Waals surface area contributed by atoms with Gasteiger partial charge in [-0.05, 0) is 49.6 Å². The Hall–Kier alpha value is -3.02. The summed E-state index contributed by atoms with van der Waals surface area (Å²) in [4.78, 5) is 13.1. The molecule has 28 heavy (non-hydrogen) atoms. The van der Waals surface area contributed by atoms with Crippen molar-refractivity contribution in [2.24, 2.45) is 0 Å². The van der Waals surface area contributed by atoms with Crippen LogP contribution in [0.5, 0.6) is 0 Å². The maximum absolute atomic E-state index is 14.1. The maximum atomic E-state index is 14.1. The van der Waals surface area contributed by atoms with Gasteiger partial charge in [-0.25, -0.2) is 13.5 Å². The number of nitrogens with one attached hydrogen (secondary N) is 1. The minimum atomic E-state index is -0.517. The van der Waals surface area contributed by atoms with E-state index in [2.05, 4.69) is 10.4 Å². The van der Waals surface area contributed by atoms with Gasteiger partial charge in [-0.2, -0.15) is 5.10 Å². The Morgan fingerprint density at radius 2 is 1.75 bits per heavy atom. The lowest BCUT2D eigenvalue weighted by molar-refractivity contribution is 0.0897. The number of para-hydroxylation sites is 1. The van der Waals surface area contributed by atoms with Gasteiger partial charge in [0, 0.05) is 0 Å². The fourth-order valence-electron chi connectivity index (χ4n) is 4.02. The molecule has 4 rings (SSSR count). The third-order valence-electron chi connectivity index (χ3n) is 5.54. The second kappa shape index (κ2) is 7.19. The molecule has 0 aliphatic heterocycles. The van der Waals surface area contributed by atoms with Crippen molar-refractivity contribution in [3.8, 4) is 5.69 Å². The van der Waals surface area contributed by atoms with Crippen LogP contribution >= 0.6 is 0 Å². The van der Waals surface area contributed by atoms with E-state index in [1.54, 1.807) is 37.3 Å². The monoisotopic (exact) mass is 381 g/mol. The van der Waals surface area contributed by atoms with Crippen molar-refractivity contribution in [3.05, 3.63) is 83.2 Å². The summed E-state index contributed by atoms with van der Waals surface area (Å²) >= 11 is 0. The summed E-state index contributed by atoms with van der Waals surface area (Å²) in [5.41, 5.74) is 1.65. The first-order chi connectivity index (χ1) is 13.5. The number of hydrogen-bond donors (Lipinski definition) is 1.